The highest BCUT2D eigenvalue weighted by atomic mass is 32.1. The molecular weight excluding hydrogens is 302 g/mol. The number of pyridine rings is 1. The third kappa shape index (κ3) is 2.38. The van der Waals surface area contributed by atoms with E-state index < -0.39 is 11.6 Å². The van der Waals surface area contributed by atoms with E-state index in [0.29, 0.717) is 34.5 Å². The van der Waals surface area contributed by atoms with Gasteiger partial charge in [-0.1, -0.05) is 0 Å². The quantitative estimate of drug-likeness (QED) is 0.850. The number of thiophene rings is 1. The zero-order valence-corrected chi connectivity index (χ0v) is 13.2. The first-order valence-corrected chi connectivity index (χ1v) is 7.87. The van der Waals surface area contributed by atoms with Crippen LogP contribution in [0.2, 0.25) is 0 Å². The van der Waals surface area contributed by atoms with Crippen molar-refractivity contribution in [1.82, 2.24) is 4.98 Å². The summed E-state index contributed by atoms with van der Waals surface area (Å²) in [6, 6.07) is 3.24. The molecule has 0 saturated heterocycles. The summed E-state index contributed by atoms with van der Waals surface area (Å²) < 4.78 is 4.71. The Morgan fingerprint density at radius 3 is 2.68 bits per heavy atom. The average molecular weight is 319 g/mol. The highest BCUT2D eigenvalue weighted by Crippen LogP contribution is 2.43. The van der Waals surface area contributed by atoms with Crippen molar-refractivity contribution >= 4 is 17.3 Å². The maximum absolute atomic E-state index is 11.6. The normalized spacial score (nSPS) is 16.1. The molecule has 2 N–H and O–H groups in total. The van der Waals surface area contributed by atoms with Crippen LogP contribution in [0.25, 0.3) is 11.3 Å². The number of hydrogen-bond acceptors (Lipinski definition) is 6. The maximum atomic E-state index is 11.6. The predicted molar refractivity (Wildman–Crippen MR) is 83.0 cm³/mol. The molecule has 22 heavy (non-hydrogen) atoms. The van der Waals surface area contributed by atoms with E-state index in [1.54, 1.807) is 18.3 Å². The van der Waals surface area contributed by atoms with E-state index in [2.05, 4.69) is 4.98 Å². The van der Waals surface area contributed by atoms with Crippen molar-refractivity contribution in [3.8, 4) is 17.0 Å². The van der Waals surface area contributed by atoms with Gasteiger partial charge in [0.05, 0.1) is 12.7 Å². The minimum Gasteiger partial charge on any atom is -0.506 e. The van der Waals surface area contributed by atoms with Gasteiger partial charge in [-0.05, 0) is 38.3 Å². The fourth-order valence-electron chi connectivity index (χ4n) is 2.63. The first kappa shape index (κ1) is 15.0. The van der Waals surface area contributed by atoms with Gasteiger partial charge in [0.25, 0.3) is 0 Å². The van der Waals surface area contributed by atoms with Crippen LogP contribution in [-0.4, -0.2) is 28.3 Å². The lowest BCUT2D eigenvalue weighted by atomic mass is 9.75. The smallest absolute Gasteiger partial charge is 0.348 e. The van der Waals surface area contributed by atoms with E-state index in [0.717, 1.165) is 11.3 Å². The molecule has 2 aromatic heterocycles. The summed E-state index contributed by atoms with van der Waals surface area (Å²) in [4.78, 5) is 17.2. The number of ether oxygens (including phenoxy) is 1. The van der Waals surface area contributed by atoms with Gasteiger partial charge in [-0.2, -0.15) is 0 Å². The standard InChI is InChI=1S/C16H17NO4S/c1-9-11(7-13(22-9)15(19)21-2)14-12(18)6-10(8-17-14)16(20)4-3-5-16/h6-8,18,20H,3-5H2,1-2H3. The fourth-order valence-corrected chi connectivity index (χ4v) is 3.57. The Kier molecular flexibility index (Phi) is 3.66. The van der Waals surface area contributed by atoms with Gasteiger partial charge < -0.3 is 14.9 Å². The fraction of sp³-hybridized carbons (Fsp3) is 0.375. The van der Waals surface area contributed by atoms with Crippen molar-refractivity contribution in [2.75, 3.05) is 7.11 Å². The van der Waals surface area contributed by atoms with E-state index in [-0.39, 0.29) is 5.75 Å². The van der Waals surface area contributed by atoms with Crippen LogP contribution in [0, 0.1) is 6.92 Å². The highest BCUT2D eigenvalue weighted by molar-refractivity contribution is 7.14. The van der Waals surface area contributed by atoms with E-state index in [1.165, 1.54) is 18.4 Å². The number of hydrogen-bond donors (Lipinski definition) is 2. The van der Waals surface area contributed by atoms with E-state index >= 15 is 0 Å². The molecule has 1 saturated carbocycles. The molecule has 1 aliphatic rings. The van der Waals surface area contributed by atoms with Crippen molar-refractivity contribution in [3.05, 3.63) is 33.6 Å². The third-order valence-electron chi connectivity index (χ3n) is 4.15. The lowest BCUT2D eigenvalue weighted by Crippen LogP contribution is -2.33. The predicted octanol–water partition coefficient (Wildman–Crippen LogP) is 2.98. The minimum atomic E-state index is -0.857. The molecule has 0 bridgehead atoms. The number of rotatable bonds is 3. The van der Waals surface area contributed by atoms with Crippen molar-refractivity contribution in [3.63, 3.8) is 0 Å². The van der Waals surface area contributed by atoms with Crippen LogP contribution in [0.3, 0.4) is 0 Å². The van der Waals surface area contributed by atoms with Gasteiger partial charge in [0.1, 0.15) is 16.3 Å². The van der Waals surface area contributed by atoms with Gasteiger partial charge in [0.15, 0.2) is 0 Å². The summed E-state index contributed by atoms with van der Waals surface area (Å²) in [6.07, 6.45) is 3.96. The molecule has 3 rings (SSSR count). The Bertz CT molecular complexity index is 734. The number of carbonyl (C=O) groups is 1. The van der Waals surface area contributed by atoms with Crippen LogP contribution in [0.15, 0.2) is 18.3 Å². The van der Waals surface area contributed by atoms with Gasteiger partial charge in [-0.15, -0.1) is 11.3 Å². The molecule has 0 amide bonds. The van der Waals surface area contributed by atoms with Crippen molar-refractivity contribution in [1.29, 1.82) is 0 Å². The van der Waals surface area contributed by atoms with E-state index in [4.69, 9.17) is 4.74 Å². The number of methoxy groups -OCH3 is 1. The largest absolute Gasteiger partial charge is 0.506 e. The topological polar surface area (TPSA) is 79.7 Å². The lowest BCUT2D eigenvalue weighted by Gasteiger charge is -2.36. The summed E-state index contributed by atoms with van der Waals surface area (Å²) in [5.74, 6) is -0.394. The van der Waals surface area contributed by atoms with Crippen LogP contribution in [-0.2, 0) is 10.3 Å². The van der Waals surface area contributed by atoms with Gasteiger partial charge in [0, 0.05) is 22.2 Å². The number of aromatic hydroxyl groups is 1. The Morgan fingerprint density at radius 1 is 1.41 bits per heavy atom. The number of nitrogens with zero attached hydrogens (tertiary/aromatic N) is 1. The van der Waals surface area contributed by atoms with Gasteiger partial charge in [0.2, 0.25) is 0 Å². The molecule has 1 fully saturated rings. The molecule has 1 aliphatic carbocycles. The molecule has 116 valence electrons. The minimum absolute atomic E-state index is 0.00939. The zero-order chi connectivity index (χ0) is 15.9. The highest BCUT2D eigenvalue weighted by Gasteiger charge is 2.37. The zero-order valence-electron chi connectivity index (χ0n) is 12.4. The molecule has 0 unspecified atom stereocenters. The summed E-state index contributed by atoms with van der Waals surface area (Å²) in [7, 11) is 1.33. The number of carbonyl (C=O) groups excluding carboxylic acids is 1. The second-order valence-electron chi connectivity index (χ2n) is 5.55. The molecule has 2 aromatic rings. The van der Waals surface area contributed by atoms with E-state index in [1.807, 2.05) is 6.92 Å². The van der Waals surface area contributed by atoms with Crippen molar-refractivity contribution in [2.45, 2.75) is 31.8 Å². The molecule has 0 atom stereocenters. The molecule has 0 radical (unpaired) electrons. The average Bonchev–Trinajstić information content (AvgIpc) is 2.85. The third-order valence-corrected chi connectivity index (χ3v) is 5.18. The summed E-state index contributed by atoms with van der Waals surface area (Å²) >= 11 is 1.30. The monoisotopic (exact) mass is 319 g/mol. The van der Waals surface area contributed by atoms with Crippen LogP contribution in [0.5, 0.6) is 5.75 Å². The summed E-state index contributed by atoms with van der Waals surface area (Å²) in [5.41, 5.74) is 0.899. The number of aryl methyl sites for hydroxylation is 1. The van der Waals surface area contributed by atoms with Crippen LogP contribution >= 0.6 is 11.3 Å². The number of aliphatic hydroxyl groups is 1. The van der Waals surface area contributed by atoms with Gasteiger partial charge >= 0.3 is 5.97 Å². The number of esters is 1. The van der Waals surface area contributed by atoms with E-state index in [9.17, 15) is 15.0 Å². The Morgan fingerprint density at radius 2 is 2.14 bits per heavy atom. The summed E-state index contributed by atoms with van der Waals surface area (Å²) in [5, 5.41) is 20.6. The first-order valence-electron chi connectivity index (χ1n) is 7.05. The Hall–Kier alpha value is -1.92. The molecule has 0 spiro atoms. The van der Waals surface area contributed by atoms with Crippen molar-refractivity contribution in [2.24, 2.45) is 0 Å². The Balaban J connectivity index is 1.99. The summed E-state index contributed by atoms with van der Waals surface area (Å²) in [6.45, 7) is 1.86. The first-order chi connectivity index (χ1) is 10.4. The van der Waals surface area contributed by atoms with Crippen LogP contribution in [0.4, 0.5) is 0 Å². The SMILES string of the molecule is COC(=O)c1cc(-c2ncc(C3(O)CCC3)cc2O)c(C)s1. The van der Waals surface area contributed by atoms with Gasteiger partial charge in [-0.25, -0.2) is 4.79 Å². The van der Waals surface area contributed by atoms with Crippen LogP contribution in [0.1, 0.15) is 39.4 Å². The second-order valence-corrected chi connectivity index (χ2v) is 6.81. The van der Waals surface area contributed by atoms with Crippen molar-refractivity contribution < 1.29 is 19.7 Å². The number of aromatic nitrogens is 1. The molecule has 0 aromatic carbocycles. The second kappa shape index (κ2) is 5.37. The molecule has 2 heterocycles. The lowest BCUT2D eigenvalue weighted by molar-refractivity contribution is -0.0392. The Labute approximate surface area is 132 Å². The molecule has 0 aliphatic heterocycles. The molecular formula is C16H17NO4S. The maximum Gasteiger partial charge on any atom is 0.348 e. The molecule has 5 nitrogen and oxygen atoms in total. The molecule has 6 heteroatoms. The van der Waals surface area contributed by atoms with Gasteiger partial charge in [-0.3, -0.25) is 4.98 Å². The van der Waals surface area contributed by atoms with Crippen LogP contribution < -0.4 is 0 Å².